The van der Waals surface area contributed by atoms with Gasteiger partial charge in [-0.2, -0.15) is 0 Å². The van der Waals surface area contributed by atoms with Gasteiger partial charge in [0.15, 0.2) is 11.5 Å². The number of hydrogen-bond acceptors (Lipinski definition) is 10. The van der Waals surface area contributed by atoms with Crippen molar-refractivity contribution in [2.45, 2.75) is 64.5 Å². The minimum absolute atomic E-state index is 0.188. The highest BCUT2D eigenvalue weighted by Gasteiger charge is 2.28. The number of ether oxygens (including phenoxy) is 4. The molecule has 0 radical (unpaired) electrons. The smallest absolute Gasteiger partial charge is 0.417 e. The van der Waals surface area contributed by atoms with Crippen molar-refractivity contribution in [1.29, 1.82) is 0 Å². The summed E-state index contributed by atoms with van der Waals surface area (Å²) in [7, 11) is 0. The highest BCUT2D eigenvalue weighted by atomic mass is 16.6. The molecule has 4 N–H and O–H groups in total. The number of nitrogens with two attached hydrogens (primary N) is 2. The number of rotatable bonds is 14. The average Bonchev–Trinajstić information content (AvgIpc) is 3.76. The molecule has 262 valence electrons. The maximum absolute atomic E-state index is 12.3. The van der Waals surface area contributed by atoms with E-state index in [4.69, 9.17) is 39.2 Å². The number of carbonyl (C=O) groups is 2. The van der Waals surface area contributed by atoms with Gasteiger partial charge in [0.05, 0.1) is 0 Å². The van der Waals surface area contributed by atoms with Crippen molar-refractivity contribution in [3.05, 3.63) is 107 Å². The van der Waals surface area contributed by atoms with Gasteiger partial charge in [-0.3, -0.25) is 0 Å². The second-order valence-electron chi connectivity index (χ2n) is 12.8. The molecule has 4 rings (SSSR count). The van der Waals surface area contributed by atoms with Crippen LogP contribution in [0.1, 0.15) is 60.9 Å². The van der Waals surface area contributed by atoms with Gasteiger partial charge in [-0.25, -0.2) is 9.59 Å². The van der Waals surface area contributed by atoms with Crippen molar-refractivity contribution >= 4 is 11.9 Å². The van der Waals surface area contributed by atoms with E-state index in [2.05, 4.69) is 23.7 Å². The van der Waals surface area contributed by atoms with E-state index < -0.39 is 23.0 Å². The van der Waals surface area contributed by atoms with Crippen LogP contribution >= 0.6 is 0 Å². The molecule has 0 saturated carbocycles. The minimum atomic E-state index is -1.14. The fourth-order valence-corrected chi connectivity index (χ4v) is 4.45. The lowest BCUT2D eigenvalue weighted by molar-refractivity contribution is -0.169. The molecule has 50 heavy (non-hydrogen) atoms. The Hall–Kier alpha value is -5.42. The molecule has 0 amide bonds. The van der Waals surface area contributed by atoms with E-state index in [9.17, 15) is 9.59 Å². The summed E-state index contributed by atoms with van der Waals surface area (Å²) in [5.74, 6) is 13.3. The summed E-state index contributed by atoms with van der Waals surface area (Å²) in [6.07, 6.45) is 1.81. The third kappa shape index (κ3) is 13.2. The van der Waals surface area contributed by atoms with Gasteiger partial charge in [0.25, 0.3) is 0 Å². The van der Waals surface area contributed by atoms with Crippen molar-refractivity contribution in [2.24, 2.45) is 11.5 Å². The summed E-state index contributed by atoms with van der Waals surface area (Å²) >= 11 is 0. The van der Waals surface area contributed by atoms with Crippen LogP contribution < -0.4 is 20.9 Å². The van der Waals surface area contributed by atoms with Gasteiger partial charge < -0.3 is 39.2 Å². The summed E-state index contributed by atoms with van der Waals surface area (Å²) in [6, 6.07) is 22.6. The minimum Gasteiger partial charge on any atom is -0.481 e. The lowest BCUT2D eigenvalue weighted by Crippen LogP contribution is -2.45. The Morgan fingerprint density at radius 2 is 1.00 bits per heavy atom. The van der Waals surface area contributed by atoms with Crippen molar-refractivity contribution in [2.75, 3.05) is 26.4 Å². The predicted molar refractivity (Wildman–Crippen MR) is 188 cm³/mol. The number of furan rings is 2. The van der Waals surface area contributed by atoms with E-state index in [1.165, 1.54) is 0 Å². The first kappa shape index (κ1) is 37.4. The number of aryl methyl sites for hydroxylation is 4. The molecule has 0 unspecified atom stereocenters. The zero-order valence-electron chi connectivity index (χ0n) is 29.0. The number of carbonyl (C=O) groups excluding carboxylic acids is 2. The van der Waals surface area contributed by atoms with Crippen molar-refractivity contribution in [3.8, 4) is 35.2 Å². The van der Waals surface area contributed by atoms with E-state index in [1.54, 1.807) is 26.0 Å². The normalized spacial score (nSPS) is 13.0. The average molecular weight is 681 g/mol. The van der Waals surface area contributed by atoms with Gasteiger partial charge in [0.2, 0.25) is 0 Å². The van der Waals surface area contributed by atoms with Crippen LogP contribution in [0.5, 0.6) is 11.5 Å². The molecule has 0 fully saturated rings. The molecular weight excluding hydrogens is 636 g/mol. The molecule has 2 heterocycles. The third-order valence-electron chi connectivity index (χ3n) is 7.53. The third-order valence-corrected chi connectivity index (χ3v) is 7.53. The van der Waals surface area contributed by atoms with Gasteiger partial charge >= 0.3 is 11.9 Å². The highest BCUT2D eigenvalue weighted by molar-refractivity contribution is 6.29. The second-order valence-corrected chi connectivity index (χ2v) is 12.8. The van der Waals surface area contributed by atoms with E-state index in [0.29, 0.717) is 48.7 Å². The summed E-state index contributed by atoms with van der Waals surface area (Å²) < 4.78 is 33.1. The van der Waals surface area contributed by atoms with Crippen LogP contribution in [0.4, 0.5) is 0 Å². The zero-order chi connectivity index (χ0) is 36.0. The predicted octanol–water partition coefficient (Wildman–Crippen LogP) is 5.44. The monoisotopic (exact) mass is 680 g/mol. The van der Waals surface area contributed by atoms with Crippen LogP contribution in [0.25, 0.3) is 0 Å². The fourth-order valence-electron chi connectivity index (χ4n) is 4.45. The lowest BCUT2D eigenvalue weighted by atomic mass is 9.97. The molecular formula is C40H44N2O8. The SMILES string of the molecule is Cc1ccc(OCC#Cc2ccc(CC[C@@](C)(N)COC(=O)C(=O)OC[C@](C)(N)CCc3ccc(C#CCOc4ccc(C)cc4)o3)o2)cc1. The number of benzene rings is 2. The quantitative estimate of drug-likeness (QED) is 0.100. The van der Waals surface area contributed by atoms with Crippen molar-refractivity contribution in [1.82, 2.24) is 0 Å². The highest BCUT2D eigenvalue weighted by Crippen LogP contribution is 2.17. The molecule has 2 atom stereocenters. The largest absolute Gasteiger partial charge is 0.481 e. The summed E-state index contributed by atoms with van der Waals surface area (Å²) in [6.45, 7) is 7.55. The number of hydrogen-bond donors (Lipinski definition) is 2. The van der Waals surface area contributed by atoms with Crippen LogP contribution in [0.3, 0.4) is 0 Å². The Bertz CT molecular complexity index is 1690. The van der Waals surface area contributed by atoms with Crippen LogP contribution in [-0.2, 0) is 31.9 Å². The first-order valence-corrected chi connectivity index (χ1v) is 16.3. The molecule has 0 aliphatic heterocycles. The summed E-state index contributed by atoms with van der Waals surface area (Å²) in [4.78, 5) is 24.7. The van der Waals surface area contributed by atoms with E-state index >= 15 is 0 Å². The van der Waals surface area contributed by atoms with Gasteiger partial charge in [0, 0.05) is 23.9 Å². The number of esters is 2. The van der Waals surface area contributed by atoms with Crippen LogP contribution in [0, 0.1) is 37.5 Å². The Morgan fingerprint density at radius 1 is 0.620 bits per heavy atom. The van der Waals surface area contributed by atoms with Crippen LogP contribution in [-0.4, -0.2) is 49.4 Å². The summed E-state index contributed by atoms with van der Waals surface area (Å²) in [5.41, 5.74) is 13.1. The van der Waals surface area contributed by atoms with Crippen LogP contribution in [0.2, 0.25) is 0 Å². The van der Waals surface area contributed by atoms with Crippen LogP contribution in [0.15, 0.2) is 81.6 Å². The van der Waals surface area contributed by atoms with Crippen molar-refractivity contribution < 1.29 is 37.4 Å². The Labute approximate surface area is 293 Å². The molecule has 4 aromatic rings. The zero-order valence-corrected chi connectivity index (χ0v) is 29.0. The summed E-state index contributed by atoms with van der Waals surface area (Å²) in [5, 5.41) is 0. The first-order chi connectivity index (χ1) is 23.9. The molecule has 0 saturated heterocycles. The van der Waals surface area contributed by atoms with Gasteiger partial charge in [-0.05, 0) is 101 Å². The molecule has 10 heteroatoms. The Balaban J connectivity index is 1.11. The van der Waals surface area contributed by atoms with E-state index in [1.807, 2.05) is 74.5 Å². The van der Waals surface area contributed by atoms with E-state index in [-0.39, 0.29) is 26.4 Å². The van der Waals surface area contributed by atoms with Gasteiger partial charge in [0.1, 0.15) is 49.4 Å². The molecule has 0 spiro atoms. The van der Waals surface area contributed by atoms with Gasteiger partial charge in [-0.15, -0.1) is 0 Å². The lowest BCUT2D eigenvalue weighted by Gasteiger charge is -2.25. The first-order valence-electron chi connectivity index (χ1n) is 16.3. The molecule has 0 aliphatic carbocycles. The molecule has 0 aliphatic rings. The standard InChI is InChI=1S/C40H44N2O8/c1-29-9-13-31(14-10-29)45-25-5-7-33-17-19-35(49-33)21-23-39(3,41)27-47-37(43)38(44)48-28-40(4,42)24-22-36-20-18-34(50-36)8-6-26-46-32-15-11-30(2)12-16-32/h9-20H,21-28,41-42H2,1-4H3/t39-,40-/m1/s1. The Morgan fingerprint density at radius 3 is 1.38 bits per heavy atom. The molecule has 2 aromatic carbocycles. The fraction of sp³-hybridized carbons (Fsp3) is 0.350. The van der Waals surface area contributed by atoms with E-state index in [0.717, 1.165) is 22.6 Å². The second kappa shape index (κ2) is 17.8. The molecule has 10 nitrogen and oxygen atoms in total. The maximum Gasteiger partial charge on any atom is 0.417 e. The van der Waals surface area contributed by atoms with Crippen molar-refractivity contribution in [3.63, 3.8) is 0 Å². The molecule has 2 aromatic heterocycles. The molecule has 0 bridgehead atoms. The van der Waals surface area contributed by atoms with Gasteiger partial charge in [-0.1, -0.05) is 47.2 Å². The Kier molecular flexibility index (Phi) is 13.3. The maximum atomic E-state index is 12.3. The topological polar surface area (TPSA) is 149 Å².